The first-order valence-corrected chi connectivity index (χ1v) is 5.99. The predicted octanol–water partition coefficient (Wildman–Crippen LogP) is 1.97. The van der Waals surface area contributed by atoms with Gasteiger partial charge >= 0.3 is 5.97 Å². The Morgan fingerprint density at radius 3 is 2.67 bits per heavy atom. The maximum Gasteiger partial charge on any atom is 0.306 e. The summed E-state index contributed by atoms with van der Waals surface area (Å²) in [5, 5.41) is 9.02. The van der Waals surface area contributed by atoms with E-state index in [1.807, 2.05) is 0 Å². The Kier molecular flexibility index (Phi) is 2.75. The van der Waals surface area contributed by atoms with Crippen LogP contribution in [0, 0.1) is 11.3 Å². The van der Waals surface area contributed by atoms with Gasteiger partial charge in [-0.05, 0) is 51.5 Å². The molecule has 0 aromatic rings. The topological polar surface area (TPSA) is 40.5 Å². The monoisotopic (exact) mass is 211 g/mol. The molecule has 2 unspecified atom stereocenters. The smallest absolute Gasteiger partial charge is 0.306 e. The number of carboxylic acid groups (broad SMARTS) is 1. The van der Waals surface area contributed by atoms with Crippen LogP contribution in [0.4, 0.5) is 0 Å². The Morgan fingerprint density at radius 1 is 1.47 bits per heavy atom. The summed E-state index contributed by atoms with van der Waals surface area (Å²) in [6.07, 6.45) is 4.12. The Bertz CT molecular complexity index is 264. The van der Waals surface area contributed by atoms with E-state index in [0.717, 1.165) is 32.4 Å². The zero-order chi connectivity index (χ0) is 11.1. The van der Waals surface area contributed by atoms with E-state index in [4.69, 9.17) is 5.11 Å². The summed E-state index contributed by atoms with van der Waals surface area (Å²) in [6, 6.07) is 0.605. The Morgan fingerprint density at radius 2 is 2.20 bits per heavy atom. The van der Waals surface area contributed by atoms with Gasteiger partial charge in [-0.15, -0.1) is 0 Å². The zero-order valence-electron chi connectivity index (χ0n) is 9.70. The van der Waals surface area contributed by atoms with Gasteiger partial charge in [0.25, 0.3) is 0 Å². The predicted molar refractivity (Wildman–Crippen MR) is 58.7 cm³/mol. The minimum atomic E-state index is -0.588. The first kappa shape index (κ1) is 10.9. The van der Waals surface area contributed by atoms with Crippen molar-refractivity contribution in [3.63, 3.8) is 0 Å². The third-order valence-corrected chi connectivity index (χ3v) is 4.25. The summed E-state index contributed by atoms with van der Waals surface area (Å²) < 4.78 is 0. The van der Waals surface area contributed by atoms with Crippen LogP contribution in [0.15, 0.2) is 0 Å². The molecule has 2 aliphatic rings. The van der Waals surface area contributed by atoms with Crippen LogP contribution in [0.5, 0.6) is 0 Å². The van der Waals surface area contributed by atoms with E-state index in [1.165, 1.54) is 6.42 Å². The molecule has 1 saturated heterocycles. The second-order valence-electron chi connectivity index (χ2n) is 5.59. The summed E-state index contributed by atoms with van der Waals surface area (Å²) in [4.78, 5) is 13.4. The Labute approximate surface area is 91.5 Å². The molecule has 1 saturated carbocycles. The minimum absolute atomic E-state index is 0.0721. The summed E-state index contributed by atoms with van der Waals surface area (Å²) in [7, 11) is 0. The van der Waals surface area contributed by atoms with Crippen LogP contribution >= 0.6 is 0 Å². The molecular weight excluding hydrogens is 190 g/mol. The highest BCUT2D eigenvalue weighted by molar-refractivity contribution is 5.70. The molecule has 2 atom stereocenters. The van der Waals surface area contributed by atoms with Gasteiger partial charge in [0, 0.05) is 12.6 Å². The molecule has 0 radical (unpaired) electrons. The maximum atomic E-state index is 10.9. The quantitative estimate of drug-likeness (QED) is 0.759. The molecule has 2 rings (SSSR count). The maximum absolute atomic E-state index is 10.9. The average Bonchev–Trinajstić information content (AvgIpc) is 2.74. The lowest BCUT2D eigenvalue weighted by Crippen LogP contribution is -2.31. The highest BCUT2D eigenvalue weighted by atomic mass is 16.4. The van der Waals surface area contributed by atoms with Crippen LogP contribution in [0.2, 0.25) is 0 Å². The van der Waals surface area contributed by atoms with Gasteiger partial charge in [0.2, 0.25) is 0 Å². The first-order chi connectivity index (χ1) is 7.02. The van der Waals surface area contributed by atoms with Gasteiger partial charge in [-0.3, -0.25) is 4.79 Å². The molecule has 0 aromatic carbocycles. The molecule has 0 bridgehead atoms. The van der Waals surface area contributed by atoms with Gasteiger partial charge in [0.05, 0.1) is 5.92 Å². The second-order valence-corrected chi connectivity index (χ2v) is 5.59. The van der Waals surface area contributed by atoms with E-state index < -0.39 is 5.97 Å². The number of carboxylic acids is 1. The van der Waals surface area contributed by atoms with Crippen LogP contribution < -0.4 is 0 Å². The molecule has 3 nitrogen and oxygen atoms in total. The van der Waals surface area contributed by atoms with E-state index in [-0.39, 0.29) is 5.92 Å². The molecule has 2 fully saturated rings. The number of aliphatic carboxylic acids is 1. The van der Waals surface area contributed by atoms with Gasteiger partial charge in [0.15, 0.2) is 0 Å². The fourth-order valence-electron chi connectivity index (χ4n) is 3.20. The number of carbonyl (C=O) groups is 1. The number of nitrogens with zero attached hydrogens (tertiary/aromatic N) is 1. The summed E-state index contributed by atoms with van der Waals surface area (Å²) >= 11 is 0. The lowest BCUT2D eigenvalue weighted by atomic mass is 9.84. The molecular formula is C12H21NO2. The first-order valence-electron chi connectivity index (χ1n) is 5.99. The van der Waals surface area contributed by atoms with E-state index in [2.05, 4.69) is 18.7 Å². The van der Waals surface area contributed by atoms with Crippen LogP contribution in [0.1, 0.15) is 39.5 Å². The molecule has 1 aliphatic heterocycles. The van der Waals surface area contributed by atoms with Crippen molar-refractivity contribution in [1.29, 1.82) is 0 Å². The number of hydrogen-bond acceptors (Lipinski definition) is 2. The Hall–Kier alpha value is -0.570. The van der Waals surface area contributed by atoms with Crippen LogP contribution in [-0.2, 0) is 4.79 Å². The fourth-order valence-corrected chi connectivity index (χ4v) is 3.20. The fraction of sp³-hybridized carbons (Fsp3) is 0.917. The summed E-state index contributed by atoms with van der Waals surface area (Å²) in [5.41, 5.74) is 0.341. The van der Waals surface area contributed by atoms with Crippen molar-refractivity contribution in [2.45, 2.75) is 45.6 Å². The molecule has 1 N–H and O–H groups in total. The van der Waals surface area contributed by atoms with Crippen molar-refractivity contribution in [2.24, 2.45) is 11.3 Å². The van der Waals surface area contributed by atoms with Gasteiger partial charge in [0.1, 0.15) is 0 Å². The molecule has 86 valence electrons. The lowest BCUT2D eigenvalue weighted by Gasteiger charge is -2.26. The van der Waals surface area contributed by atoms with Gasteiger partial charge in [-0.25, -0.2) is 0 Å². The van der Waals surface area contributed by atoms with Crippen LogP contribution in [0.3, 0.4) is 0 Å². The van der Waals surface area contributed by atoms with Crippen molar-refractivity contribution in [3.05, 3.63) is 0 Å². The van der Waals surface area contributed by atoms with Crippen molar-refractivity contribution in [2.75, 3.05) is 13.1 Å². The molecule has 1 aliphatic carbocycles. The largest absolute Gasteiger partial charge is 0.481 e. The van der Waals surface area contributed by atoms with Gasteiger partial charge in [-0.2, -0.15) is 0 Å². The average molecular weight is 211 g/mol. The van der Waals surface area contributed by atoms with Gasteiger partial charge < -0.3 is 10.0 Å². The Balaban J connectivity index is 1.98. The summed E-state index contributed by atoms with van der Waals surface area (Å²) in [6.45, 7) is 6.73. The van der Waals surface area contributed by atoms with Crippen LogP contribution in [-0.4, -0.2) is 35.1 Å². The van der Waals surface area contributed by atoms with Crippen molar-refractivity contribution < 1.29 is 9.90 Å². The molecule has 3 heteroatoms. The normalized spacial score (nSPS) is 36.9. The van der Waals surface area contributed by atoms with Crippen molar-refractivity contribution >= 4 is 5.97 Å². The minimum Gasteiger partial charge on any atom is -0.481 e. The number of hydrogen-bond donors (Lipinski definition) is 1. The molecule has 0 amide bonds. The van der Waals surface area contributed by atoms with E-state index in [0.29, 0.717) is 11.5 Å². The highest BCUT2D eigenvalue weighted by Crippen LogP contribution is 2.48. The van der Waals surface area contributed by atoms with Crippen LogP contribution in [0.25, 0.3) is 0 Å². The SMILES string of the molecule is CC(C)N1CCC2(CCC(C(=O)O)C2)C1. The molecule has 1 heterocycles. The molecule has 0 aromatic heterocycles. The van der Waals surface area contributed by atoms with Crippen molar-refractivity contribution in [1.82, 2.24) is 4.90 Å². The van der Waals surface area contributed by atoms with E-state index in [1.54, 1.807) is 0 Å². The van der Waals surface area contributed by atoms with Gasteiger partial charge in [-0.1, -0.05) is 0 Å². The molecule has 1 spiro atoms. The lowest BCUT2D eigenvalue weighted by molar-refractivity contribution is -0.141. The zero-order valence-corrected chi connectivity index (χ0v) is 9.70. The number of likely N-dealkylation sites (tertiary alicyclic amines) is 1. The van der Waals surface area contributed by atoms with E-state index >= 15 is 0 Å². The number of rotatable bonds is 2. The highest BCUT2D eigenvalue weighted by Gasteiger charge is 2.46. The standard InChI is InChI=1S/C12H21NO2/c1-9(2)13-6-5-12(8-13)4-3-10(7-12)11(14)15/h9-10H,3-8H2,1-2H3,(H,14,15). The third kappa shape index (κ3) is 2.03. The second kappa shape index (κ2) is 3.78. The van der Waals surface area contributed by atoms with E-state index in [9.17, 15) is 4.79 Å². The van der Waals surface area contributed by atoms with Crippen molar-refractivity contribution in [3.8, 4) is 0 Å². The third-order valence-electron chi connectivity index (χ3n) is 4.25. The summed E-state index contributed by atoms with van der Waals surface area (Å²) in [5.74, 6) is -0.660. The molecule has 15 heavy (non-hydrogen) atoms.